The first-order valence-electron chi connectivity index (χ1n) is 8.95. The molecule has 0 amide bonds. The standard InChI is InChI=1S/C19H21N5O3/c1-12(2)13-3-4-16-15(9-13)17(23-5-7-27-8-6-23)22-19(21-16)24-11-14(10-20-24)18(25)26/h3-4,9-12H,5-8H2,1-2H3,(H,25,26). The highest BCUT2D eigenvalue weighted by Crippen LogP contribution is 2.29. The number of aromatic nitrogens is 4. The molecule has 0 unspecified atom stereocenters. The highest BCUT2D eigenvalue weighted by atomic mass is 16.5. The Bertz CT molecular complexity index is 992. The van der Waals surface area contributed by atoms with Crippen LogP contribution in [0.2, 0.25) is 0 Å². The van der Waals surface area contributed by atoms with Gasteiger partial charge in [-0.05, 0) is 23.6 Å². The second-order valence-corrected chi connectivity index (χ2v) is 6.86. The van der Waals surface area contributed by atoms with Crippen LogP contribution in [0, 0.1) is 0 Å². The molecular formula is C19H21N5O3. The molecule has 0 spiro atoms. The minimum absolute atomic E-state index is 0.0989. The maximum absolute atomic E-state index is 11.2. The van der Waals surface area contributed by atoms with E-state index in [-0.39, 0.29) is 5.56 Å². The van der Waals surface area contributed by atoms with Crippen molar-refractivity contribution in [1.29, 1.82) is 0 Å². The number of aromatic carboxylic acids is 1. The highest BCUT2D eigenvalue weighted by molar-refractivity contribution is 5.91. The van der Waals surface area contributed by atoms with Gasteiger partial charge in [0.05, 0.1) is 30.5 Å². The fourth-order valence-corrected chi connectivity index (χ4v) is 3.14. The number of benzene rings is 1. The van der Waals surface area contributed by atoms with Crippen LogP contribution in [0.5, 0.6) is 0 Å². The number of hydrogen-bond donors (Lipinski definition) is 1. The monoisotopic (exact) mass is 367 g/mol. The average Bonchev–Trinajstić information content (AvgIpc) is 3.18. The van der Waals surface area contributed by atoms with Gasteiger partial charge in [-0.2, -0.15) is 10.1 Å². The van der Waals surface area contributed by atoms with Crippen molar-refractivity contribution in [3.8, 4) is 5.95 Å². The Hall–Kier alpha value is -3.00. The molecule has 27 heavy (non-hydrogen) atoms. The highest BCUT2D eigenvalue weighted by Gasteiger charge is 2.19. The number of rotatable bonds is 4. The minimum atomic E-state index is -1.03. The third-order valence-electron chi connectivity index (χ3n) is 4.70. The van der Waals surface area contributed by atoms with Gasteiger partial charge in [-0.15, -0.1) is 0 Å². The molecule has 0 radical (unpaired) electrons. The number of anilines is 1. The predicted molar refractivity (Wildman–Crippen MR) is 101 cm³/mol. The van der Waals surface area contributed by atoms with E-state index >= 15 is 0 Å². The van der Waals surface area contributed by atoms with Gasteiger partial charge < -0.3 is 14.7 Å². The van der Waals surface area contributed by atoms with E-state index in [0.29, 0.717) is 25.1 Å². The van der Waals surface area contributed by atoms with Crippen molar-refractivity contribution in [2.45, 2.75) is 19.8 Å². The van der Waals surface area contributed by atoms with Gasteiger partial charge in [-0.1, -0.05) is 19.9 Å². The van der Waals surface area contributed by atoms with Crippen LogP contribution in [-0.2, 0) is 4.74 Å². The van der Waals surface area contributed by atoms with Crippen molar-refractivity contribution >= 4 is 22.7 Å². The van der Waals surface area contributed by atoms with E-state index in [0.717, 1.165) is 29.8 Å². The number of carbonyl (C=O) groups is 1. The molecule has 1 fully saturated rings. The van der Waals surface area contributed by atoms with Crippen LogP contribution in [0.1, 0.15) is 35.7 Å². The molecule has 1 aliphatic heterocycles. The van der Waals surface area contributed by atoms with Gasteiger partial charge in [0.1, 0.15) is 5.82 Å². The summed E-state index contributed by atoms with van der Waals surface area (Å²) in [5, 5.41) is 14.2. The number of ether oxygens (including phenoxy) is 1. The van der Waals surface area contributed by atoms with Crippen molar-refractivity contribution < 1.29 is 14.6 Å². The lowest BCUT2D eigenvalue weighted by molar-refractivity contribution is 0.0697. The number of carboxylic acids is 1. The first kappa shape index (κ1) is 17.4. The van der Waals surface area contributed by atoms with Gasteiger partial charge in [-0.3, -0.25) is 0 Å². The predicted octanol–water partition coefficient (Wildman–Crippen LogP) is 2.47. The Balaban J connectivity index is 1.88. The molecule has 0 atom stereocenters. The summed E-state index contributed by atoms with van der Waals surface area (Å²) < 4.78 is 6.88. The molecule has 1 aromatic carbocycles. The molecule has 3 heterocycles. The molecular weight excluding hydrogens is 346 g/mol. The lowest BCUT2D eigenvalue weighted by atomic mass is 10.0. The molecule has 140 valence electrons. The number of fused-ring (bicyclic) bond motifs is 1. The van der Waals surface area contributed by atoms with Crippen LogP contribution in [0.25, 0.3) is 16.9 Å². The van der Waals surface area contributed by atoms with Crippen LogP contribution in [-0.4, -0.2) is 57.1 Å². The van der Waals surface area contributed by atoms with E-state index in [4.69, 9.17) is 14.8 Å². The summed E-state index contributed by atoms with van der Waals surface area (Å²) in [6.45, 7) is 7.10. The van der Waals surface area contributed by atoms with Crippen LogP contribution in [0.3, 0.4) is 0 Å². The molecule has 0 bridgehead atoms. The topological polar surface area (TPSA) is 93.4 Å². The van der Waals surface area contributed by atoms with E-state index in [1.165, 1.54) is 22.6 Å². The third kappa shape index (κ3) is 3.35. The number of carboxylic acid groups (broad SMARTS) is 1. The zero-order chi connectivity index (χ0) is 19.0. The SMILES string of the molecule is CC(C)c1ccc2nc(-n3cc(C(=O)O)cn3)nc(N3CCOCC3)c2c1. The fourth-order valence-electron chi connectivity index (χ4n) is 3.14. The van der Waals surface area contributed by atoms with Crippen molar-refractivity contribution in [2.24, 2.45) is 0 Å². The maximum Gasteiger partial charge on any atom is 0.338 e. The smallest absolute Gasteiger partial charge is 0.338 e. The molecule has 8 heteroatoms. The fraction of sp³-hybridized carbons (Fsp3) is 0.368. The second-order valence-electron chi connectivity index (χ2n) is 6.86. The number of nitrogens with zero attached hydrogens (tertiary/aromatic N) is 5. The average molecular weight is 367 g/mol. The van der Waals surface area contributed by atoms with Gasteiger partial charge in [-0.25, -0.2) is 14.5 Å². The summed E-state index contributed by atoms with van der Waals surface area (Å²) in [5.74, 6) is 0.551. The molecule has 0 saturated carbocycles. The lowest BCUT2D eigenvalue weighted by Gasteiger charge is -2.29. The first-order chi connectivity index (χ1) is 13.0. The van der Waals surface area contributed by atoms with Gasteiger partial charge in [0.15, 0.2) is 0 Å². The van der Waals surface area contributed by atoms with Crippen LogP contribution in [0.15, 0.2) is 30.6 Å². The molecule has 1 saturated heterocycles. The molecule has 1 N–H and O–H groups in total. The normalized spacial score (nSPS) is 14.9. The number of morpholine rings is 1. The van der Waals surface area contributed by atoms with Gasteiger partial charge in [0.2, 0.25) is 0 Å². The Labute approximate surface area is 156 Å². The van der Waals surface area contributed by atoms with Crippen LogP contribution >= 0.6 is 0 Å². The van der Waals surface area contributed by atoms with E-state index in [1.54, 1.807) is 0 Å². The molecule has 1 aliphatic rings. The quantitative estimate of drug-likeness (QED) is 0.757. The zero-order valence-electron chi connectivity index (χ0n) is 15.3. The number of hydrogen-bond acceptors (Lipinski definition) is 6. The van der Waals surface area contributed by atoms with Gasteiger partial charge in [0.25, 0.3) is 5.95 Å². The second kappa shape index (κ2) is 6.96. The summed E-state index contributed by atoms with van der Waals surface area (Å²) in [4.78, 5) is 22.7. The first-order valence-corrected chi connectivity index (χ1v) is 8.95. The van der Waals surface area contributed by atoms with Gasteiger partial charge >= 0.3 is 5.97 Å². The summed E-state index contributed by atoms with van der Waals surface area (Å²) in [7, 11) is 0. The zero-order valence-corrected chi connectivity index (χ0v) is 15.3. The van der Waals surface area contributed by atoms with Crippen molar-refractivity contribution in [2.75, 3.05) is 31.2 Å². The molecule has 8 nitrogen and oxygen atoms in total. The molecule has 2 aromatic heterocycles. The largest absolute Gasteiger partial charge is 0.478 e. The molecule has 4 rings (SSSR count). The van der Waals surface area contributed by atoms with E-state index in [1.807, 2.05) is 6.07 Å². The van der Waals surface area contributed by atoms with Crippen molar-refractivity contribution in [3.05, 3.63) is 41.7 Å². The Kier molecular flexibility index (Phi) is 4.49. The summed E-state index contributed by atoms with van der Waals surface area (Å²) >= 11 is 0. The summed E-state index contributed by atoms with van der Waals surface area (Å²) in [6.07, 6.45) is 2.72. The van der Waals surface area contributed by atoms with Crippen molar-refractivity contribution in [1.82, 2.24) is 19.7 Å². The summed E-state index contributed by atoms with van der Waals surface area (Å²) in [5.41, 5.74) is 2.13. The Morgan fingerprint density at radius 2 is 2.00 bits per heavy atom. The Morgan fingerprint density at radius 3 is 2.67 bits per heavy atom. The Morgan fingerprint density at radius 1 is 1.22 bits per heavy atom. The lowest BCUT2D eigenvalue weighted by Crippen LogP contribution is -2.37. The van der Waals surface area contributed by atoms with Gasteiger partial charge in [0, 0.05) is 24.7 Å². The van der Waals surface area contributed by atoms with Crippen molar-refractivity contribution in [3.63, 3.8) is 0 Å². The van der Waals surface area contributed by atoms with E-state index in [9.17, 15) is 4.79 Å². The maximum atomic E-state index is 11.2. The van der Waals surface area contributed by atoms with Crippen LogP contribution in [0.4, 0.5) is 5.82 Å². The molecule has 3 aromatic rings. The van der Waals surface area contributed by atoms with Crippen LogP contribution < -0.4 is 4.90 Å². The van der Waals surface area contributed by atoms with E-state index < -0.39 is 5.97 Å². The minimum Gasteiger partial charge on any atom is -0.478 e. The summed E-state index contributed by atoms with van der Waals surface area (Å²) in [6, 6.07) is 6.19. The third-order valence-corrected chi connectivity index (χ3v) is 4.70. The van der Waals surface area contributed by atoms with E-state index in [2.05, 4.69) is 41.0 Å². The molecule has 0 aliphatic carbocycles.